The first-order chi connectivity index (χ1) is 16.8. The molecule has 1 fully saturated rings. The molecule has 35 heavy (non-hydrogen) atoms. The van der Waals surface area contributed by atoms with E-state index in [0.29, 0.717) is 24.8 Å². The van der Waals surface area contributed by atoms with Crippen LogP contribution in [-0.2, 0) is 24.3 Å². The topological polar surface area (TPSA) is 116 Å². The summed E-state index contributed by atoms with van der Waals surface area (Å²) in [4.78, 5) is 25.8. The van der Waals surface area contributed by atoms with E-state index in [1.54, 1.807) is 24.3 Å². The van der Waals surface area contributed by atoms with E-state index in [1.807, 2.05) is 12.1 Å². The van der Waals surface area contributed by atoms with Crippen molar-refractivity contribution in [2.24, 2.45) is 0 Å². The Balaban J connectivity index is 1.56. The van der Waals surface area contributed by atoms with Gasteiger partial charge < -0.3 is 15.2 Å². The van der Waals surface area contributed by atoms with E-state index in [1.165, 1.54) is 12.1 Å². The molecule has 1 heterocycles. The number of sulfonamides is 1. The van der Waals surface area contributed by atoms with Crippen molar-refractivity contribution in [3.8, 4) is 11.1 Å². The number of amides is 1. The molecule has 3 rings (SSSR count). The zero-order chi connectivity index (χ0) is 25.3. The first-order valence-corrected chi connectivity index (χ1v) is 13.2. The normalized spacial score (nSPS) is 14.7. The monoisotopic (exact) mass is 523 g/mol. The van der Waals surface area contributed by atoms with E-state index in [0.717, 1.165) is 41.5 Å². The van der Waals surface area contributed by atoms with Gasteiger partial charge in [-0.1, -0.05) is 35.9 Å². The average molecular weight is 524 g/mol. The quantitative estimate of drug-likeness (QED) is 0.410. The second-order valence-corrected chi connectivity index (χ2v) is 10.5. The molecule has 2 aromatic rings. The molecule has 0 unspecified atom stereocenters. The van der Waals surface area contributed by atoms with E-state index < -0.39 is 22.5 Å². The van der Waals surface area contributed by atoms with Crippen LogP contribution < -0.4 is 5.32 Å². The third kappa shape index (κ3) is 8.29. The average Bonchev–Trinajstić information content (AvgIpc) is 2.85. The van der Waals surface area contributed by atoms with Crippen molar-refractivity contribution in [3.05, 3.63) is 53.6 Å². The minimum Gasteiger partial charge on any atom is -0.480 e. The third-order valence-electron chi connectivity index (χ3n) is 5.65. The number of halogens is 1. The van der Waals surface area contributed by atoms with Crippen molar-refractivity contribution in [2.75, 3.05) is 52.5 Å². The van der Waals surface area contributed by atoms with Crippen LogP contribution in [0.3, 0.4) is 0 Å². The van der Waals surface area contributed by atoms with Gasteiger partial charge in [-0.3, -0.25) is 14.5 Å². The smallest absolute Gasteiger partial charge is 0.318 e. The number of carboxylic acids is 1. The summed E-state index contributed by atoms with van der Waals surface area (Å²) in [5.74, 6) is -1.62. The first kappa shape index (κ1) is 27.1. The first-order valence-electron chi connectivity index (χ1n) is 11.4. The number of hydrogen-bond acceptors (Lipinski definition) is 6. The molecule has 0 spiro atoms. The number of ether oxygens (including phenoxy) is 1. The van der Waals surface area contributed by atoms with Gasteiger partial charge in [0.25, 0.3) is 0 Å². The summed E-state index contributed by atoms with van der Waals surface area (Å²) in [5, 5.41) is 12.6. The van der Waals surface area contributed by atoms with Crippen LogP contribution in [0.2, 0.25) is 5.02 Å². The van der Waals surface area contributed by atoms with E-state index in [4.69, 9.17) is 16.3 Å². The van der Waals surface area contributed by atoms with Crippen LogP contribution in [0.5, 0.6) is 0 Å². The Morgan fingerprint density at radius 1 is 1.03 bits per heavy atom. The summed E-state index contributed by atoms with van der Waals surface area (Å²) >= 11 is 5.91. The highest BCUT2D eigenvalue weighted by Gasteiger charge is 2.27. The van der Waals surface area contributed by atoms with Gasteiger partial charge in [0.15, 0.2) is 0 Å². The number of morpholine rings is 1. The molecule has 2 aromatic carbocycles. The van der Waals surface area contributed by atoms with Crippen LogP contribution in [0.25, 0.3) is 11.1 Å². The van der Waals surface area contributed by atoms with Gasteiger partial charge in [0.05, 0.1) is 18.1 Å². The predicted octanol–water partition coefficient (Wildman–Crippen LogP) is 2.31. The summed E-state index contributed by atoms with van der Waals surface area (Å²) in [5.41, 5.74) is 1.66. The lowest BCUT2D eigenvalue weighted by Crippen LogP contribution is -2.39. The fourth-order valence-electron chi connectivity index (χ4n) is 3.72. The van der Waals surface area contributed by atoms with Crippen molar-refractivity contribution < 1.29 is 27.9 Å². The van der Waals surface area contributed by atoms with Gasteiger partial charge >= 0.3 is 5.97 Å². The Morgan fingerprint density at radius 2 is 1.63 bits per heavy atom. The number of benzene rings is 2. The summed E-state index contributed by atoms with van der Waals surface area (Å²) in [6, 6.07) is 13.3. The van der Waals surface area contributed by atoms with Gasteiger partial charge in [0.1, 0.15) is 6.54 Å². The van der Waals surface area contributed by atoms with E-state index in [2.05, 4.69) is 10.2 Å². The lowest BCUT2D eigenvalue weighted by Gasteiger charge is -2.26. The fourth-order valence-corrected chi connectivity index (χ4v) is 5.23. The van der Waals surface area contributed by atoms with Crippen LogP contribution in [-0.4, -0.2) is 87.1 Å². The number of hydrogen-bond donors (Lipinski definition) is 2. The van der Waals surface area contributed by atoms with Crippen LogP contribution in [0.15, 0.2) is 53.4 Å². The lowest BCUT2D eigenvalue weighted by atomic mass is 10.1. The highest BCUT2D eigenvalue weighted by Crippen LogP contribution is 2.24. The summed E-state index contributed by atoms with van der Waals surface area (Å²) < 4.78 is 32.3. The molecule has 1 aliphatic heterocycles. The molecule has 1 amide bonds. The minimum absolute atomic E-state index is 0.0395. The van der Waals surface area contributed by atoms with Gasteiger partial charge in [-0.2, -0.15) is 4.31 Å². The second-order valence-electron chi connectivity index (χ2n) is 8.17. The van der Waals surface area contributed by atoms with Gasteiger partial charge in [0, 0.05) is 37.6 Å². The second kappa shape index (κ2) is 13.0. The Hall–Kier alpha value is -2.50. The SMILES string of the molecule is O=C(O)CN(CCC(=O)NCCCN1CCOCC1)S(=O)(=O)c1ccc(-c2ccc(Cl)cc2)cc1. The fraction of sp³-hybridized carbons (Fsp3) is 0.417. The maximum absolute atomic E-state index is 13.1. The lowest BCUT2D eigenvalue weighted by molar-refractivity contribution is -0.137. The summed E-state index contributed by atoms with van der Waals surface area (Å²) in [6.45, 7) is 3.51. The van der Waals surface area contributed by atoms with Gasteiger partial charge in [-0.15, -0.1) is 0 Å². The molecule has 0 atom stereocenters. The van der Waals surface area contributed by atoms with Gasteiger partial charge in [-0.25, -0.2) is 8.42 Å². The number of carboxylic acid groups (broad SMARTS) is 1. The molecular formula is C24H30ClN3O6S. The highest BCUT2D eigenvalue weighted by atomic mass is 35.5. The summed E-state index contributed by atoms with van der Waals surface area (Å²) in [6.07, 6.45) is 0.635. The van der Waals surface area contributed by atoms with Crippen molar-refractivity contribution in [1.82, 2.24) is 14.5 Å². The van der Waals surface area contributed by atoms with Crippen molar-refractivity contribution in [3.63, 3.8) is 0 Å². The molecule has 9 nitrogen and oxygen atoms in total. The van der Waals surface area contributed by atoms with Gasteiger partial charge in [0.2, 0.25) is 15.9 Å². The molecule has 11 heteroatoms. The third-order valence-corrected chi connectivity index (χ3v) is 7.76. The van der Waals surface area contributed by atoms with Crippen LogP contribution >= 0.6 is 11.6 Å². The molecule has 0 radical (unpaired) electrons. The Labute approximate surface area is 210 Å². The van der Waals surface area contributed by atoms with Crippen LogP contribution in [0, 0.1) is 0 Å². The number of carbonyl (C=O) groups is 2. The number of aliphatic carboxylic acids is 1. The van der Waals surface area contributed by atoms with E-state index >= 15 is 0 Å². The molecule has 0 bridgehead atoms. The zero-order valence-electron chi connectivity index (χ0n) is 19.4. The molecule has 1 aliphatic rings. The van der Waals surface area contributed by atoms with Crippen molar-refractivity contribution in [1.29, 1.82) is 0 Å². The molecular weight excluding hydrogens is 494 g/mol. The standard InChI is InChI=1S/C24H30ClN3O6S/c25-21-6-2-19(3-7-21)20-4-8-22(9-5-20)35(32,33)28(18-24(30)31)13-10-23(29)26-11-1-12-27-14-16-34-17-15-27/h2-9H,1,10-18H2,(H,26,29)(H,30,31). The number of rotatable bonds is 12. The van der Waals surface area contributed by atoms with Crippen molar-refractivity contribution >= 4 is 33.5 Å². The molecule has 0 aromatic heterocycles. The van der Waals surface area contributed by atoms with E-state index in [-0.39, 0.29) is 23.8 Å². The molecule has 0 saturated carbocycles. The molecule has 190 valence electrons. The number of carbonyl (C=O) groups excluding carboxylic acids is 1. The zero-order valence-corrected chi connectivity index (χ0v) is 20.9. The maximum atomic E-state index is 13.1. The highest BCUT2D eigenvalue weighted by molar-refractivity contribution is 7.89. The van der Waals surface area contributed by atoms with Gasteiger partial charge in [-0.05, 0) is 48.4 Å². The predicted molar refractivity (Wildman–Crippen MR) is 133 cm³/mol. The van der Waals surface area contributed by atoms with Crippen LogP contribution in [0.1, 0.15) is 12.8 Å². The minimum atomic E-state index is -4.10. The Kier molecular flexibility index (Phi) is 10.1. The Bertz CT molecular complexity index is 1090. The number of nitrogens with one attached hydrogen (secondary N) is 1. The molecule has 2 N–H and O–H groups in total. The van der Waals surface area contributed by atoms with E-state index in [9.17, 15) is 23.1 Å². The number of nitrogens with zero attached hydrogens (tertiary/aromatic N) is 2. The molecule has 1 saturated heterocycles. The molecule has 0 aliphatic carbocycles. The van der Waals surface area contributed by atoms with Crippen molar-refractivity contribution in [2.45, 2.75) is 17.7 Å². The Morgan fingerprint density at radius 3 is 2.23 bits per heavy atom. The largest absolute Gasteiger partial charge is 0.480 e. The summed E-state index contributed by atoms with van der Waals surface area (Å²) in [7, 11) is -4.10. The maximum Gasteiger partial charge on any atom is 0.318 e. The van der Waals surface area contributed by atoms with Crippen LogP contribution in [0.4, 0.5) is 0 Å².